The van der Waals surface area contributed by atoms with Crippen molar-refractivity contribution in [1.82, 2.24) is 4.90 Å². The Morgan fingerprint density at radius 1 is 1.44 bits per heavy atom. The molecule has 1 amide bonds. The molecule has 2 rings (SSSR count). The first kappa shape index (κ1) is 11.0. The van der Waals surface area contributed by atoms with Crippen LogP contribution < -0.4 is 4.74 Å². The van der Waals surface area contributed by atoms with Crippen LogP contribution in [0.4, 0.5) is 0 Å². The Morgan fingerprint density at radius 3 is 2.81 bits per heavy atom. The van der Waals surface area contributed by atoms with E-state index in [-0.39, 0.29) is 5.91 Å². The molecule has 16 heavy (non-hydrogen) atoms. The summed E-state index contributed by atoms with van der Waals surface area (Å²) in [4.78, 5) is 13.4. The molecule has 3 heteroatoms. The van der Waals surface area contributed by atoms with Crippen LogP contribution in [0, 0.1) is 6.92 Å². The Morgan fingerprint density at radius 2 is 2.25 bits per heavy atom. The summed E-state index contributed by atoms with van der Waals surface area (Å²) in [6.45, 7) is 3.64. The van der Waals surface area contributed by atoms with Crippen molar-refractivity contribution in [3.05, 3.63) is 29.3 Å². The number of nitrogens with zero attached hydrogens (tertiary/aromatic N) is 1. The van der Waals surface area contributed by atoms with Gasteiger partial charge in [-0.2, -0.15) is 0 Å². The van der Waals surface area contributed by atoms with Crippen LogP contribution in [0.2, 0.25) is 0 Å². The van der Waals surface area contributed by atoms with Gasteiger partial charge >= 0.3 is 0 Å². The lowest BCUT2D eigenvalue weighted by molar-refractivity contribution is -0.128. The van der Waals surface area contributed by atoms with Gasteiger partial charge < -0.3 is 9.64 Å². The minimum absolute atomic E-state index is 0.272. The summed E-state index contributed by atoms with van der Waals surface area (Å²) in [6, 6.07) is 6.08. The minimum atomic E-state index is 0.272. The quantitative estimate of drug-likeness (QED) is 0.779. The third kappa shape index (κ3) is 2.18. The summed E-state index contributed by atoms with van der Waals surface area (Å²) >= 11 is 0. The molecule has 86 valence electrons. The number of amides is 1. The van der Waals surface area contributed by atoms with Crippen LogP contribution in [0.25, 0.3) is 0 Å². The van der Waals surface area contributed by atoms with E-state index in [9.17, 15) is 4.79 Å². The van der Waals surface area contributed by atoms with Crippen LogP contribution in [0.5, 0.6) is 5.75 Å². The first-order valence-electron chi connectivity index (χ1n) is 5.62. The van der Waals surface area contributed by atoms with Gasteiger partial charge in [0.15, 0.2) is 0 Å². The smallest absolute Gasteiger partial charge is 0.222 e. The first-order valence-corrected chi connectivity index (χ1v) is 5.62. The second-order valence-corrected chi connectivity index (χ2v) is 4.22. The van der Waals surface area contributed by atoms with E-state index >= 15 is 0 Å². The number of likely N-dealkylation sites (tertiary alicyclic amines) is 1. The number of carbonyl (C=O) groups excluding carboxylic acids is 1. The number of aryl methyl sites for hydroxylation is 1. The van der Waals surface area contributed by atoms with Gasteiger partial charge in [0.25, 0.3) is 0 Å². The molecule has 1 heterocycles. The molecule has 0 N–H and O–H groups in total. The Hall–Kier alpha value is -1.51. The Labute approximate surface area is 96.0 Å². The molecule has 1 aliphatic heterocycles. The number of hydrogen-bond donors (Lipinski definition) is 0. The average Bonchev–Trinajstić information content (AvgIpc) is 2.65. The zero-order valence-electron chi connectivity index (χ0n) is 9.82. The highest BCUT2D eigenvalue weighted by Crippen LogP contribution is 2.21. The molecule has 0 spiro atoms. The van der Waals surface area contributed by atoms with Crippen molar-refractivity contribution in [2.45, 2.75) is 26.3 Å². The summed E-state index contributed by atoms with van der Waals surface area (Å²) in [7, 11) is 1.67. The van der Waals surface area contributed by atoms with Gasteiger partial charge in [-0.25, -0.2) is 0 Å². The standard InChI is InChI=1S/C13H17NO2/c1-10-8-11(5-6-12(10)16-2)9-14-7-3-4-13(14)15/h5-6,8H,3-4,7,9H2,1-2H3. The molecule has 0 bridgehead atoms. The van der Waals surface area contributed by atoms with Crippen LogP contribution in [-0.2, 0) is 11.3 Å². The van der Waals surface area contributed by atoms with E-state index in [1.165, 1.54) is 5.56 Å². The van der Waals surface area contributed by atoms with Crippen LogP contribution >= 0.6 is 0 Å². The lowest BCUT2D eigenvalue weighted by atomic mass is 10.1. The van der Waals surface area contributed by atoms with Gasteiger partial charge in [0.1, 0.15) is 5.75 Å². The van der Waals surface area contributed by atoms with Gasteiger partial charge in [0.05, 0.1) is 7.11 Å². The Balaban J connectivity index is 2.10. The SMILES string of the molecule is COc1ccc(CN2CCCC2=O)cc1C. The van der Waals surface area contributed by atoms with E-state index < -0.39 is 0 Å². The summed E-state index contributed by atoms with van der Waals surface area (Å²) in [5.74, 6) is 1.17. The molecule has 1 fully saturated rings. The molecular weight excluding hydrogens is 202 g/mol. The van der Waals surface area contributed by atoms with Crippen molar-refractivity contribution in [3.63, 3.8) is 0 Å². The van der Waals surface area contributed by atoms with E-state index in [1.807, 2.05) is 24.0 Å². The zero-order valence-corrected chi connectivity index (χ0v) is 9.82. The van der Waals surface area contributed by atoms with Crippen molar-refractivity contribution < 1.29 is 9.53 Å². The fourth-order valence-electron chi connectivity index (χ4n) is 2.13. The number of carbonyl (C=O) groups is 1. The monoisotopic (exact) mass is 219 g/mol. The number of rotatable bonds is 3. The van der Waals surface area contributed by atoms with Gasteiger partial charge in [0.2, 0.25) is 5.91 Å². The fourth-order valence-corrected chi connectivity index (χ4v) is 2.13. The zero-order chi connectivity index (χ0) is 11.5. The van der Waals surface area contributed by atoms with Crippen LogP contribution in [0.3, 0.4) is 0 Å². The van der Waals surface area contributed by atoms with Crippen molar-refractivity contribution >= 4 is 5.91 Å². The molecule has 1 aromatic rings. The summed E-state index contributed by atoms with van der Waals surface area (Å²) in [5, 5.41) is 0. The molecule has 0 aliphatic carbocycles. The number of ether oxygens (including phenoxy) is 1. The predicted molar refractivity (Wildman–Crippen MR) is 62.4 cm³/mol. The topological polar surface area (TPSA) is 29.5 Å². The Kier molecular flexibility index (Phi) is 3.13. The van der Waals surface area contributed by atoms with E-state index in [4.69, 9.17) is 4.74 Å². The molecule has 0 radical (unpaired) electrons. The van der Waals surface area contributed by atoms with Gasteiger partial charge in [-0.15, -0.1) is 0 Å². The maximum Gasteiger partial charge on any atom is 0.222 e. The lowest BCUT2D eigenvalue weighted by Crippen LogP contribution is -2.23. The largest absolute Gasteiger partial charge is 0.496 e. The second-order valence-electron chi connectivity index (χ2n) is 4.22. The molecule has 1 aromatic carbocycles. The second kappa shape index (κ2) is 4.56. The molecule has 1 saturated heterocycles. The lowest BCUT2D eigenvalue weighted by Gasteiger charge is -2.16. The highest BCUT2D eigenvalue weighted by Gasteiger charge is 2.19. The Bertz CT molecular complexity index is 401. The number of hydrogen-bond acceptors (Lipinski definition) is 2. The fraction of sp³-hybridized carbons (Fsp3) is 0.462. The van der Waals surface area contributed by atoms with Gasteiger partial charge in [-0.1, -0.05) is 12.1 Å². The number of benzene rings is 1. The van der Waals surface area contributed by atoms with Crippen molar-refractivity contribution in [1.29, 1.82) is 0 Å². The van der Waals surface area contributed by atoms with E-state index in [0.717, 1.165) is 30.8 Å². The number of methoxy groups -OCH3 is 1. The van der Waals surface area contributed by atoms with Crippen LogP contribution in [-0.4, -0.2) is 24.5 Å². The predicted octanol–water partition coefficient (Wildman–Crippen LogP) is 2.13. The summed E-state index contributed by atoms with van der Waals surface area (Å²) in [5.41, 5.74) is 2.29. The average molecular weight is 219 g/mol. The van der Waals surface area contributed by atoms with Crippen molar-refractivity contribution in [2.75, 3.05) is 13.7 Å². The van der Waals surface area contributed by atoms with Crippen molar-refractivity contribution in [3.8, 4) is 5.75 Å². The van der Waals surface area contributed by atoms with E-state index in [2.05, 4.69) is 6.07 Å². The molecule has 3 nitrogen and oxygen atoms in total. The van der Waals surface area contributed by atoms with Gasteiger partial charge in [-0.05, 0) is 30.5 Å². The maximum atomic E-state index is 11.5. The van der Waals surface area contributed by atoms with Crippen LogP contribution in [0.15, 0.2) is 18.2 Å². The summed E-state index contributed by atoms with van der Waals surface area (Å²) < 4.78 is 5.21. The molecule has 0 atom stereocenters. The molecular formula is C13H17NO2. The van der Waals surface area contributed by atoms with E-state index in [1.54, 1.807) is 7.11 Å². The van der Waals surface area contributed by atoms with E-state index in [0.29, 0.717) is 6.42 Å². The molecule has 0 unspecified atom stereocenters. The molecule has 1 aliphatic rings. The third-order valence-electron chi connectivity index (χ3n) is 3.00. The van der Waals surface area contributed by atoms with Crippen LogP contribution in [0.1, 0.15) is 24.0 Å². The van der Waals surface area contributed by atoms with Crippen molar-refractivity contribution in [2.24, 2.45) is 0 Å². The van der Waals surface area contributed by atoms with Gasteiger partial charge in [-0.3, -0.25) is 4.79 Å². The third-order valence-corrected chi connectivity index (χ3v) is 3.00. The maximum absolute atomic E-state index is 11.5. The van der Waals surface area contributed by atoms with Gasteiger partial charge in [0, 0.05) is 19.5 Å². The normalized spacial score (nSPS) is 15.6. The minimum Gasteiger partial charge on any atom is -0.496 e. The first-order chi connectivity index (χ1) is 7.70. The highest BCUT2D eigenvalue weighted by molar-refractivity contribution is 5.78. The summed E-state index contributed by atoms with van der Waals surface area (Å²) in [6.07, 6.45) is 1.70. The molecule has 0 aromatic heterocycles. The molecule has 0 saturated carbocycles. The highest BCUT2D eigenvalue weighted by atomic mass is 16.5.